The van der Waals surface area contributed by atoms with Crippen molar-refractivity contribution >= 4 is 40.4 Å². The van der Waals surface area contributed by atoms with E-state index in [-0.39, 0.29) is 5.91 Å². The van der Waals surface area contributed by atoms with Crippen LogP contribution in [0.5, 0.6) is 0 Å². The van der Waals surface area contributed by atoms with Gasteiger partial charge in [0.05, 0.1) is 21.1 Å². The van der Waals surface area contributed by atoms with Gasteiger partial charge >= 0.3 is 0 Å². The Morgan fingerprint density at radius 3 is 2.87 bits per heavy atom. The number of nitrogens with one attached hydrogen (secondary N) is 2. The number of amides is 1. The summed E-state index contributed by atoms with van der Waals surface area (Å²) in [4.78, 5) is 14.8. The predicted octanol–water partition coefficient (Wildman–Crippen LogP) is 2.63. The molecule has 8 heteroatoms. The molecule has 1 saturated heterocycles. The lowest BCUT2D eigenvalue weighted by Gasteiger charge is -2.17. The lowest BCUT2D eigenvalue weighted by atomic mass is 10.4. The largest absolute Gasteiger partial charge is 0.370 e. The highest BCUT2D eigenvalue weighted by Gasteiger charge is 2.13. The Morgan fingerprint density at radius 1 is 1.30 bits per heavy atom. The van der Waals surface area contributed by atoms with Gasteiger partial charge in [0.15, 0.2) is 5.82 Å². The third kappa shape index (κ3) is 4.33. The fourth-order valence-corrected chi connectivity index (χ4v) is 3.44. The van der Waals surface area contributed by atoms with E-state index in [0.717, 1.165) is 24.6 Å². The summed E-state index contributed by atoms with van der Waals surface area (Å²) in [7, 11) is 0. The number of halogens is 1. The molecule has 1 aliphatic heterocycles. The lowest BCUT2D eigenvalue weighted by Crippen LogP contribution is -2.28. The molecule has 1 aliphatic rings. The summed E-state index contributed by atoms with van der Waals surface area (Å²) in [5, 5.41) is 14.1. The molecule has 2 aromatic heterocycles. The Hall–Kier alpha value is -1.86. The smallest absolute Gasteiger partial charge is 0.261 e. The molecule has 122 valence electrons. The first-order chi connectivity index (χ1) is 11.2. The predicted molar refractivity (Wildman–Crippen MR) is 93.6 cm³/mol. The minimum atomic E-state index is -0.111. The summed E-state index contributed by atoms with van der Waals surface area (Å²) in [5.41, 5.74) is 1.09. The van der Waals surface area contributed by atoms with Crippen molar-refractivity contribution in [3.8, 4) is 0 Å². The van der Waals surface area contributed by atoms with Gasteiger partial charge in [-0.15, -0.1) is 16.4 Å². The van der Waals surface area contributed by atoms with Gasteiger partial charge in [-0.2, -0.15) is 5.10 Å². The SMILES string of the molecule is O=C(NCCNc1cc(N2CCCC2)cnn1)c1ccc(Cl)s1. The average Bonchev–Trinajstić information content (AvgIpc) is 3.23. The highest BCUT2D eigenvalue weighted by molar-refractivity contribution is 7.17. The van der Waals surface area contributed by atoms with E-state index in [0.29, 0.717) is 22.3 Å². The molecule has 0 saturated carbocycles. The Bertz CT molecular complexity index is 671. The molecule has 3 rings (SSSR count). The molecule has 2 N–H and O–H groups in total. The van der Waals surface area contributed by atoms with E-state index in [1.807, 2.05) is 6.07 Å². The Morgan fingerprint density at radius 2 is 2.13 bits per heavy atom. The maximum absolute atomic E-state index is 11.9. The first-order valence-electron chi connectivity index (χ1n) is 7.57. The van der Waals surface area contributed by atoms with Crippen LogP contribution in [0.15, 0.2) is 24.4 Å². The molecule has 0 atom stereocenters. The van der Waals surface area contributed by atoms with Crippen LogP contribution in [0, 0.1) is 0 Å². The molecule has 0 radical (unpaired) electrons. The Balaban J connectivity index is 1.45. The summed E-state index contributed by atoms with van der Waals surface area (Å²) < 4.78 is 0.613. The fraction of sp³-hybridized carbons (Fsp3) is 0.400. The fourth-order valence-electron chi connectivity index (χ4n) is 2.48. The minimum Gasteiger partial charge on any atom is -0.370 e. The maximum Gasteiger partial charge on any atom is 0.261 e. The number of thiophene rings is 1. The van der Waals surface area contributed by atoms with E-state index in [9.17, 15) is 4.79 Å². The van der Waals surface area contributed by atoms with E-state index < -0.39 is 0 Å². The van der Waals surface area contributed by atoms with Crippen molar-refractivity contribution in [3.05, 3.63) is 33.6 Å². The van der Waals surface area contributed by atoms with Gasteiger partial charge in [0, 0.05) is 32.2 Å². The van der Waals surface area contributed by atoms with Crippen molar-refractivity contribution in [1.29, 1.82) is 0 Å². The third-order valence-electron chi connectivity index (χ3n) is 3.62. The maximum atomic E-state index is 11.9. The van der Waals surface area contributed by atoms with Crippen LogP contribution in [0.2, 0.25) is 4.34 Å². The van der Waals surface area contributed by atoms with Gasteiger partial charge < -0.3 is 15.5 Å². The first kappa shape index (κ1) is 16.0. The number of hydrogen-bond acceptors (Lipinski definition) is 6. The van der Waals surface area contributed by atoms with Gasteiger partial charge in [0.1, 0.15) is 0 Å². The lowest BCUT2D eigenvalue weighted by molar-refractivity contribution is 0.0959. The average molecular weight is 352 g/mol. The van der Waals surface area contributed by atoms with Gasteiger partial charge in [-0.1, -0.05) is 11.6 Å². The zero-order valence-corrected chi connectivity index (χ0v) is 14.2. The molecule has 3 heterocycles. The van der Waals surface area contributed by atoms with Gasteiger partial charge in [-0.3, -0.25) is 4.79 Å². The van der Waals surface area contributed by atoms with Crippen LogP contribution in [0.3, 0.4) is 0 Å². The van der Waals surface area contributed by atoms with Gasteiger partial charge in [0.2, 0.25) is 0 Å². The summed E-state index contributed by atoms with van der Waals surface area (Å²) in [6, 6.07) is 5.44. The van der Waals surface area contributed by atoms with Crippen LogP contribution in [0.4, 0.5) is 11.5 Å². The van der Waals surface area contributed by atoms with E-state index in [1.54, 1.807) is 18.3 Å². The third-order valence-corrected chi connectivity index (χ3v) is 4.85. The summed E-state index contributed by atoms with van der Waals surface area (Å²) in [5.74, 6) is 0.614. The highest BCUT2D eigenvalue weighted by Crippen LogP contribution is 2.21. The number of anilines is 2. The molecule has 0 aromatic carbocycles. The number of carbonyl (C=O) groups excluding carboxylic acids is 1. The van der Waals surface area contributed by atoms with E-state index in [4.69, 9.17) is 11.6 Å². The number of carbonyl (C=O) groups is 1. The Kier molecular flexibility index (Phi) is 5.30. The zero-order valence-electron chi connectivity index (χ0n) is 12.6. The molecule has 0 spiro atoms. The van der Waals surface area contributed by atoms with Gasteiger partial charge in [-0.25, -0.2) is 0 Å². The molecule has 2 aromatic rings. The molecule has 0 aliphatic carbocycles. The summed E-state index contributed by atoms with van der Waals surface area (Å²) in [6.07, 6.45) is 4.24. The summed E-state index contributed by atoms with van der Waals surface area (Å²) in [6.45, 7) is 3.24. The number of nitrogens with zero attached hydrogens (tertiary/aromatic N) is 3. The molecule has 0 bridgehead atoms. The standard InChI is InChI=1S/C15H18ClN5OS/c16-13-4-3-12(23-13)15(22)18-6-5-17-14-9-11(10-19-20-14)21-7-1-2-8-21/h3-4,9-10H,1-2,5-8H2,(H,17,20)(H,18,22). The van der Waals surface area contributed by atoms with Crippen molar-refractivity contribution in [1.82, 2.24) is 15.5 Å². The monoisotopic (exact) mass is 351 g/mol. The van der Waals surface area contributed by atoms with Crippen molar-refractivity contribution in [2.75, 3.05) is 36.4 Å². The van der Waals surface area contributed by atoms with Gasteiger partial charge in [0.25, 0.3) is 5.91 Å². The topological polar surface area (TPSA) is 70.2 Å². The molecule has 1 amide bonds. The summed E-state index contributed by atoms with van der Waals surface area (Å²) >= 11 is 7.09. The normalized spacial score (nSPS) is 14.0. The van der Waals surface area contributed by atoms with Crippen LogP contribution in [0.1, 0.15) is 22.5 Å². The first-order valence-corrected chi connectivity index (χ1v) is 8.77. The number of aromatic nitrogens is 2. The molecule has 23 heavy (non-hydrogen) atoms. The van der Waals surface area contributed by atoms with Crippen molar-refractivity contribution in [2.45, 2.75) is 12.8 Å². The molecular weight excluding hydrogens is 334 g/mol. The van der Waals surface area contributed by atoms with Crippen LogP contribution in [-0.2, 0) is 0 Å². The van der Waals surface area contributed by atoms with E-state index in [1.165, 1.54) is 24.2 Å². The highest BCUT2D eigenvalue weighted by atomic mass is 35.5. The Labute approximate surface area is 143 Å². The second-order valence-electron chi connectivity index (χ2n) is 5.28. The minimum absolute atomic E-state index is 0.111. The number of rotatable bonds is 6. The van der Waals surface area contributed by atoms with Crippen molar-refractivity contribution in [3.63, 3.8) is 0 Å². The molecule has 0 unspecified atom stereocenters. The molecule has 6 nitrogen and oxygen atoms in total. The quantitative estimate of drug-likeness (QED) is 0.783. The molecular formula is C15H18ClN5OS. The zero-order chi connectivity index (χ0) is 16.1. The van der Waals surface area contributed by atoms with Gasteiger partial charge in [-0.05, 0) is 25.0 Å². The van der Waals surface area contributed by atoms with Crippen LogP contribution in [0.25, 0.3) is 0 Å². The second kappa shape index (κ2) is 7.61. The van der Waals surface area contributed by atoms with Crippen LogP contribution >= 0.6 is 22.9 Å². The van der Waals surface area contributed by atoms with E-state index in [2.05, 4.69) is 25.7 Å². The van der Waals surface area contributed by atoms with Crippen LogP contribution in [-0.4, -0.2) is 42.3 Å². The second-order valence-corrected chi connectivity index (χ2v) is 6.99. The van der Waals surface area contributed by atoms with E-state index >= 15 is 0 Å². The number of hydrogen-bond donors (Lipinski definition) is 2. The van der Waals surface area contributed by atoms with Crippen molar-refractivity contribution in [2.24, 2.45) is 0 Å². The van der Waals surface area contributed by atoms with Crippen LogP contribution < -0.4 is 15.5 Å². The van der Waals surface area contributed by atoms with Crippen molar-refractivity contribution < 1.29 is 4.79 Å². The molecule has 1 fully saturated rings.